The van der Waals surface area contributed by atoms with Crippen molar-refractivity contribution in [2.75, 3.05) is 13.2 Å². The maximum Gasteiger partial charge on any atom is 0.527 e. The zero-order valence-corrected chi connectivity index (χ0v) is 22.1. The van der Waals surface area contributed by atoms with E-state index in [9.17, 15) is 52.7 Å². The zero-order chi connectivity index (χ0) is 33.2. The zero-order valence-electron chi connectivity index (χ0n) is 22.1. The van der Waals surface area contributed by atoms with Gasteiger partial charge in [0.25, 0.3) is 0 Å². The van der Waals surface area contributed by atoms with Crippen molar-refractivity contribution in [2.45, 2.75) is 43.2 Å². The van der Waals surface area contributed by atoms with Crippen LogP contribution in [0, 0.1) is 17.5 Å². The Kier molecular flexibility index (Phi) is 7.74. The fraction of sp³-hybridized carbons (Fsp3) is 0.333. The number of hydrogen-bond acceptors (Lipinski definition) is 6. The lowest BCUT2D eigenvalue weighted by Crippen LogP contribution is -2.32. The Hall–Kier alpha value is -3.74. The van der Waals surface area contributed by atoms with Crippen molar-refractivity contribution in [3.63, 3.8) is 0 Å². The van der Waals surface area contributed by atoms with Crippen LogP contribution >= 0.6 is 0 Å². The summed E-state index contributed by atoms with van der Waals surface area (Å²) < 4.78 is 193. The van der Waals surface area contributed by atoms with Crippen molar-refractivity contribution in [2.24, 2.45) is 0 Å². The summed E-state index contributed by atoms with van der Waals surface area (Å²) in [5.74, 6) is -11.0. The molecule has 0 saturated carbocycles. The van der Waals surface area contributed by atoms with Gasteiger partial charge in [-0.2, -0.15) is 26.3 Å². The lowest BCUT2D eigenvalue weighted by Gasteiger charge is -2.25. The number of rotatable bonds is 9. The van der Waals surface area contributed by atoms with Crippen molar-refractivity contribution in [1.82, 2.24) is 0 Å². The van der Waals surface area contributed by atoms with Crippen LogP contribution in [0.25, 0.3) is 0 Å². The highest BCUT2D eigenvalue weighted by atomic mass is 19.4. The van der Waals surface area contributed by atoms with Crippen LogP contribution in [-0.2, 0) is 43.2 Å². The molecule has 2 fully saturated rings. The molecule has 45 heavy (non-hydrogen) atoms. The van der Waals surface area contributed by atoms with Crippen molar-refractivity contribution in [1.29, 1.82) is 0 Å². The highest BCUT2D eigenvalue weighted by Gasteiger charge is 2.58. The fourth-order valence-corrected chi connectivity index (χ4v) is 4.40. The van der Waals surface area contributed by atoms with E-state index >= 15 is 0 Å². The van der Waals surface area contributed by atoms with E-state index in [0.717, 1.165) is 12.1 Å². The third-order valence-corrected chi connectivity index (χ3v) is 6.39. The minimum atomic E-state index is -6.04. The number of ether oxygens (including phenoxy) is 6. The van der Waals surface area contributed by atoms with E-state index in [1.165, 1.54) is 12.1 Å². The van der Waals surface area contributed by atoms with Crippen LogP contribution in [0.2, 0.25) is 0 Å². The topological polar surface area (TPSA) is 55.4 Å². The van der Waals surface area contributed by atoms with Crippen molar-refractivity contribution in [3.8, 4) is 11.5 Å². The van der Waals surface area contributed by atoms with Gasteiger partial charge in [-0.25, -0.2) is 17.9 Å². The van der Waals surface area contributed by atoms with Gasteiger partial charge in [0.05, 0.1) is 18.8 Å². The smallest absolute Gasteiger partial charge is 0.429 e. The molecule has 2 aliphatic rings. The molecule has 0 unspecified atom stereocenters. The Morgan fingerprint density at radius 1 is 0.644 bits per heavy atom. The van der Waals surface area contributed by atoms with E-state index < -0.39 is 81.9 Å². The monoisotopic (exact) mass is 664 g/mol. The average molecular weight is 664 g/mol. The van der Waals surface area contributed by atoms with Crippen molar-refractivity contribution in [3.05, 3.63) is 94.3 Å². The number of fused-ring (bicyclic) bond motifs is 2. The molecular weight excluding hydrogens is 648 g/mol. The molecule has 3 aromatic rings. The predicted octanol–water partition coefficient (Wildman–Crippen LogP) is 7.89. The lowest BCUT2D eigenvalue weighted by molar-refractivity contribution is -0.432. The van der Waals surface area contributed by atoms with Gasteiger partial charge in [0.1, 0.15) is 45.7 Å². The second-order valence-corrected chi connectivity index (χ2v) is 9.97. The van der Waals surface area contributed by atoms with Gasteiger partial charge < -0.3 is 23.7 Å². The van der Waals surface area contributed by atoms with Gasteiger partial charge in [0.2, 0.25) is 0 Å². The van der Waals surface area contributed by atoms with E-state index in [1.54, 1.807) is 6.92 Å². The fourth-order valence-electron chi connectivity index (χ4n) is 4.40. The number of alkyl halides is 9. The third-order valence-electron chi connectivity index (χ3n) is 6.39. The maximum absolute atomic E-state index is 14.8. The van der Waals surface area contributed by atoms with Gasteiger partial charge in [0.15, 0.2) is 0 Å². The van der Waals surface area contributed by atoms with Gasteiger partial charge in [-0.3, -0.25) is 0 Å². The molecule has 2 bridgehead atoms. The first-order chi connectivity index (χ1) is 20.6. The maximum atomic E-state index is 14.8. The van der Waals surface area contributed by atoms with Crippen LogP contribution in [0.15, 0.2) is 54.6 Å². The molecule has 0 amide bonds. The summed E-state index contributed by atoms with van der Waals surface area (Å²) in [5.41, 5.74) is -5.48. The minimum Gasteiger partial charge on any atom is -0.429 e. The molecule has 0 spiro atoms. The lowest BCUT2D eigenvalue weighted by atomic mass is 10.1. The van der Waals surface area contributed by atoms with E-state index in [2.05, 4.69) is 14.2 Å². The first kappa shape index (κ1) is 32.6. The molecule has 0 aliphatic carbocycles. The minimum absolute atomic E-state index is 0.112. The Balaban J connectivity index is 1.30. The van der Waals surface area contributed by atoms with Gasteiger partial charge in [0, 0.05) is 23.8 Å². The molecular formula is C27H16F12O6. The molecule has 0 atom stereocenters. The molecule has 0 radical (unpaired) electrons. The molecule has 2 heterocycles. The number of halogens is 12. The van der Waals surface area contributed by atoms with Gasteiger partial charge in [-0.15, -0.1) is 13.2 Å². The number of benzene rings is 3. The highest BCUT2D eigenvalue weighted by Crippen LogP contribution is 2.47. The molecule has 6 nitrogen and oxygen atoms in total. The van der Waals surface area contributed by atoms with E-state index in [4.69, 9.17) is 14.2 Å². The Morgan fingerprint density at radius 2 is 1.18 bits per heavy atom. The molecule has 2 aliphatic heterocycles. The van der Waals surface area contributed by atoms with Crippen molar-refractivity contribution >= 4 is 0 Å². The summed E-state index contributed by atoms with van der Waals surface area (Å²) in [4.78, 5) is 0. The van der Waals surface area contributed by atoms with E-state index in [-0.39, 0.29) is 43.0 Å². The Morgan fingerprint density at radius 3 is 1.67 bits per heavy atom. The predicted molar refractivity (Wildman–Crippen MR) is 122 cm³/mol. The molecule has 5 rings (SSSR count). The summed E-state index contributed by atoms with van der Waals surface area (Å²) in [7, 11) is 0. The quantitative estimate of drug-likeness (QED) is 0.217. The molecule has 0 aromatic heterocycles. The van der Waals surface area contributed by atoms with Crippen LogP contribution in [0.4, 0.5) is 52.7 Å². The largest absolute Gasteiger partial charge is 0.527 e. The molecule has 18 heteroatoms. The van der Waals surface area contributed by atoms with Crippen molar-refractivity contribution < 1.29 is 81.1 Å². The summed E-state index contributed by atoms with van der Waals surface area (Å²) in [6.45, 7) is 2.12. The summed E-state index contributed by atoms with van der Waals surface area (Å²) in [5, 5.41) is 0. The summed E-state index contributed by atoms with van der Waals surface area (Å²) >= 11 is 0. The molecule has 244 valence electrons. The SMILES string of the molecule is CC12COC(c3ccc(C(F)(F)Oc4ccc(C(F)(F)Oc5cc(F)c(C(F)(F)OC(F)(F)F)c(F)c5)c(F)c4)cc3)(OC1)O2. The second-order valence-electron chi connectivity index (χ2n) is 9.97. The van der Waals surface area contributed by atoms with Crippen LogP contribution in [0.5, 0.6) is 11.5 Å². The first-order valence-corrected chi connectivity index (χ1v) is 12.3. The van der Waals surface area contributed by atoms with Crippen LogP contribution in [-0.4, -0.2) is 25.2 Å². The van der Waals surface area contributed by atoms with Crippen LogP contribution in [0.1, 0.15) is 29.2 Å². The number of hydrogen-bond donors (Lipinski definition) is 0. The van der Waals surface area contributed by atoms with Gasteiger partial charge in [-0.1, -0.05) is 12.1 Å². The Labute approximate surface area is 243 Å². The molecule has 0 N–H and O–H groups in total. The standard InChI is InChI=1S/C27H16F12O6/c1-22-11-40-26(44-22,41-12-22)14-4-2-13(3-5-14)23(31,32)42-15-6-7-17(18(28)8-15)24(33,34)43-16-9-19(29)21(20(30)10-16)25(35,36)45-27(37,38)39/h2-10H,11-12H2,1H3. The van der Waals surface area contributed by atoms with E-state index in [0.29, 0.717) is 6.07 Å². The first-order valence-electron chi connectivity index (χ1n) is 12.3. The normalized spacial score (nSPS) is 22.2. The van der Waals surface area contributed by atoms with E-state index in [1.807, 2.05) is 0 Å². The van der Waals surface area contributed by atoms with Crippen LogP contribution < -0.4 is 9.47 Å². The molecule has 3 aromatic carbocycles. The Bertz CT molecular complexity index is 1560. The average Bonchev–Trinajstić information content (AvgIpc) is 3.41. The summed E-state index contributed by atoms with van der Waals surface area (Å²) in [6.07, 6.45) is -20.6. The summed E-state index contributed by atoms with van der Waals surface area (Å²) in [6, 6.07) is 4.40. The second kappa shape index (κ2) is 10.7. The third kappa shape index (κ3) is 6.49. The molecule has 2 saturated heterocycles. The van der Waals surface area contributed by atoms with Gasteiger partial charge in [-0.05, 0) is 31.2 Å². The highest BCUT2D eigenvalue weighted by molar-refractivity contribution is 5.36. The van der Waals surface area contributed by atoms with Crippen LogP contribution in [0.3, 0.4) is 0 Å². The van der Waals surface area contributed by atoms with Gasteiger partial charge >= 0.3 is 30.7 Å².